The van der Waals surface area contributed by atoms with Gasteiger partial charge in [-0.3, -0.25) is 9.48 Å². The monoisotopic (exact) mass is 439 g/mol. The van der Waals surface area contributed by atoms with Crippen LogP contribution >= 0.6 is 11.8 Å². The van der Waals surface area contributed by atoms with E-state index in [1.54, 1.807) is 11.6 Å². The third-order valence-corrected chi connectivity index (χ3v) is 5.73. The maximum atomic E-state index is 12.1. The Kier molecular flexibility index (Phi) is 6.47. The fraction of sp³-hybridized carbons (Fsp3) is 0.381. The number of hydrogen-bond acceptors (Lipinski definition) is 7. The van der Waals surface area contributed by atoms with Gasteiger partial charge in [-0.2, -0.15) is 9.61 Å². The second-order valence-corrected chi connectivity index (χ2v) is 8.15. The largest absolute Gasteiger partial charge is 0.383 e. The Morgan fingerprint density at radius 3 is 2.81 bits per heavy atom. The molecule has 0 aliphatic rings. The average Bonchev–Trinajstić information content (AvgIpc) is 3.33. The van der Waals surface area contributed by atoms with Crippen molar-refractivity contribution in [3.63, 3.8) is 0 Å². The number of methoxy groups -OCH3 is 1. The molecule has 0 aliphatic heterocycles. The molecule has 0 unspecified atom stereocenters. The van der Waals surface area contributed by atoms with Crippen LogP contribution in [0.15, 0.2) is 35.5 Å². The van der Waals surface area contributed by atoms with E-state index in [1.807, 2.05) is 42.8 Å². The number of nitrogens with one attached hydrogen (secondary N) is 1. The number of carbonyl (C=O) groups is 1. The first-order chi connectivity index (χ1) is 15.0. The van der Waals surface area contributed by atoms with Crippen LogP contribution in [0.5, 0.6) is 0 Å². The van der Waals surface area contributed by atoms with E-state index >= 15 is 0 Å². The maximum absolute atomic E-state index is 12.1. The van der Waals surface area contributed by atoms with Gasteiger partial charge in [0.05, 0.1) is 23.6 Å². The molecular weight excluding hydrogens is 414 g/mol. The molecule has 0 fully saturated rings. The van der Waals surface area contributed by atoms with Crippen molar-refractivity contribution in [1.29, 1.82) is 0 Å². The summed E-state index contributed by atoms with van der Waals surface area (Å²) < 4.78 is 8.68. The quantitative estimate of drug-likeness (QED) is 0.242. The lowest BCUT2D eigenvalue weighted by molar-refractivity contribution is -0.118. The molecule has 0 spiro atoms. The van der Waals surface area contributed by atoms with E-state index in [0.29, 0.717) is 31.3 Å². The smallest absolute Gasteiger partial charge is 0.230 e. The van der Waals surface area contributed by atoms with Gasteiger partial charge in [-0.15, -0.1) is 5.10 Å². The van der Waals surface area contributed by atoms with Crippen molar-refractivity contribution in [1.82, 2.24) is 34.7 Å². The highest BCUT2D eigenvalue weighted by molar-refractivity contribution is 7.99. The molecule has 162 valence electrons. The molecule has 0 atom stereocenters. The minimum absolute atomic E-state index is 0.0741. The molecule has 0 radical (unpaired) electrons. The lowest BCUT2D eigenvalue weighted by atomic mass is 10.2. The summed E-state index contributed by atoms with van der Waals surface area (Å²) in [6.45, 7) is 5.69. The van der Waals surface area contributed by atoms with Gasteiger partial charge >= 0.3 is 0 Å². The van der Waals surface area contributed by atoms with Gasteiger partial charge in [0.25, 0.3) is 0 Å². The van der Waals surface area contributed by atoms with Crippen molar-refractivity contribution in [3.05, 3.63) is 47.5 Å². The first-order valence-corrected chi connectivity index (χ1v) is 11.1. The number of rotatable bonds is 9. The SMILES string of the molecule is COCCNC(=O)CSc1nc2ccccc2c2nc(CCn3nc(C)cc3C)nn12. The summed E-state index contributed by atoms with van der Waals surface area (Å²) in [4.78, 5) is 21.6. The zero-order valence-electron chi connectivity index (χ0n) is 17.8. The van der Waals surface area contributed by atoms with Crippen LogP contribution in [0.2, 0.25) is 0 Å². The molecule has 4 aromatic rings. The van der Waals surface area contributed by atoms with Crippen LogP contribution in [0.4, 0.5) is 0 Å². The molecule has 0 saturated carbocycles. The second-order valence-electron chi connectivity index (χ2n) is 7.21. The Labute approximate surface area is 184 Å². The number of aryl methyl sites for hydroxylation is 4. The molecule has 1 N–H and O–H groups in total. The van der Waals surface area contributed by atoms with E-state index in [1.165, 1.54) is 11.8 Å². The number of para-hydroxylation sites is 1. The highest BCUT2D eigenvalue weighted by Gasteiger charge is 2.15. The van der Waals surface area contributed by atoms with Crippen LogP contribution < -0.4 is 5.32 Å². The lowest BCUT2D eigenvalue weighted by Gasteiger charge is -2.07. The number of nitrogens with zero attached hydrogens (tertiary/aromatic N) is 6. The molecule has 1 aromatic carbocycles. The zero-order chi connectivity index (χ0) is 21.8. The van der Waals surface area contributed by atoms with Gasteiger partial charge in [-0.1, -0.05) is 23.9 Å². The average molecular weight is 440 g/mol. The molecule has 9 nitrogen and oxygen atoms in total. The third-order valence-electron chi connectivity index (χ3n) is 4.80. The summed E-state index contributed by atoms with van der Waals surface area (Å²) in [6.07, 6.45) is 0.652. The number of aromatic nitrogens is 6. The van der Waals surface area contributed by atoms with Crippen LogP contribution in [0.25, 0.3) is 16.6 Å². The first kappa shape index (κ1) is 21.3. The predicted molar refractivity (Wildman–Crippen MR) is 119 cm³/mol. The van der Waals surface area contributed by atoms with E-state index in [9.17, 15) is 4.79 Å². The van der Waals surface area contributed by atoms with Crippen molar-refractivity contribution in [2.75, 3.05) is 26.0 Å². The van der Waals surface area contributed by atoms with Gasteiger partial charge in [0.15, 0.2) is 16.6 Å². The fourth-order valence-corrected chi connectivity index (χ4v) is 4.13. The van der Waals surface area contributed by atoms with Crippen molar-refractivity contribution in [2.24, 2.45) is 0 Å². The van der Waals surface area contributed by atoms with Gasteiger partial charge in [0, 0.05) is 37.7 Å². The zero-order valence-corrected chi connectivity index (χ0v) is 18.6. The van der Waals surface area contributed by atoms with Crippen molar-refractivity contribution >= 4 is 34.2 Å². The molecule has 10 heteroatoms. The second kappa shape index (κ2) is 9.44. The minimum Gasteiger partial charge on any atom is -0.383 e. The topological polar surface area (TPSA) is 99.2 Å². The maximum Gasteiger partial charge on any atom is 0.230 e. The van der Waals surface area contributed by atoms with E-state index in [4.69, 9.17) is 19.8 Å². The molecule has 1 amide bonds. The fourth-order valence-electron chi connectivity index (χ4n) is 3.35. The van der Waals surface area contributed by atoms with Crippen LogP contribution in [-0.4, -0.2) is 61.3 Å². The number of ether oxygens (including phenoxy) is 1. The summed E-state index contributed by atoms with van der Waals surface area (Å²) in [7, 11) is 1.60. The number of thioether (sulfide) groups is 1. The minimum atomic E-state index is -0.0741. The molecule has 0 aliphatic carbocycles. The van der Waals surface area contributed by atoms with Gasteiger partial charge in [0.2, 0.25) is 5.91 Å². The first-order valence-electron chi connectivity index (χ1n) is 10.1. The van der Waals surface area contributed by atoms with Crippen LogP contribution in [0.1, 0.15) is 17.2 Å². The number of carbonyl (C=O) groups excluding carboxylic acids is 1. The molecule has 3 aromatic heterocycles. The standard InChI is InChI=1S/C21H25N7O2S/c1-14-12-15(2)27(25-14)10-8-18-24-20-16-6-4-5-7-17(16)23-21(28(20)26-18)31-13-19(29)22-9-11-30-3/h4-7,12H,8-11,13H2,1-3H3,(H,22,29). The van der Waals surface area contributed by atoms with E-state index < -0.39 is 0 Å². The van der Waals surface area contributed by atoms with E-state index in [-0.39, 0.29) is 11.7 Å². The third kappa shape index (κ3) is 4.86. The van der Waals surface area contributed by atoms with Gasteiger partial charge < -0.3 is 10.1 Å². The van der Waals surface area contributed by atoms with E-state index in [2.05, 4.69) is 16.5 Å². The Balaban J connectivity index is 1.59. The Hall–Kier alpha value is -2.98. The van der Waals surface area contributed by atoms with E-state index in [0.717, 1.165) is 33.8 Å². The van der Waals surface area contributed by atoms with Crippen LogP contribution in [0.3, 0.4) is 0 Å². The lowest BCUT2D eigenvalue weighted by Crippen LogP contribution is -2.28. The van der Waals surface area contributed by atoms with Gasteiger partial charge in [-0.05, 0) is 32.0 Å². The molecule has 31 heavy (non-hydrogen) atoms. The number of fused-ring (bicyclic) bond motifs is 3. The Morgan fingerprint density at radius 1 is 1.19 bits per heavy atom. The summed E-state index contributed by atoms with van der Waals surface area (Å²) in [5.74, 6) is 0.887. The van der Waals surface area contributed by atoms with Crippen LogP contribution in [0, 0.1) is 13.8 Å². The van der Waals surface area contributed by atoms with Crippen molar-refractivity contribution in [3.8, 4) is 0 Å². The predicted octanol–water partition coefficient (Wildman–Crippen LogP) is 2.19. The highest BCUT2D eigenvalue weighted by atomic mass is 32.2. The normalized spacial score (nSPS) is 11.5. The molecular formula is C21H25N7O2S. The van der Waals surface area contributed by atoms with Crippen molar-refractivity contribution < 1.29 is 9.53 Å². The summed E-state index contributed by atoms with van der Waals surface area (Å²) >= 11 is 1.34. The Morgan fingerprint density at radius 2 is 2.03 bits per heavy atom. The van der Waals surface area contributed by atoms with Gasteiger partial charge in [-0.25, -0.2) is 9.97 Å². The number of benzene rings is 1. The molecule has 0 saturated heterocycles. The van der Waals surface area contributed by atoms with Gasteiger partial charge in [0.1, 0.15) is 0 Å². The summed E-state index contributed by atoms with van der Waals surface area (Å²) in [5.41, 5.74) is 3.69. The molecule has 4 rings (SSSR count). The molecule has 3 heterocycles. The number of hydrogen-bond donors (Lipinski definition) is 1. The molecule has 0 bridgehead atoms. The summed E-state index contributed by atoms with van der Waals surface area (Å²) in [5, 5.41) is 13.6. The highest BCUT2D eigenvalue weighted by Crippen LogP contribution is 2.24. The number of amides is 1. The van der Waals surface area contributed by atoms with Crippen molar-refractivity contribution in [2.45, 2.75) is 32.0 Å². The Bertz CT molecular complexity index is 1220. The summed E-state index contributed by atoms with van der Waals surface area (Å²) in [6, 6.07) is 9.90. The van der Waals surface area contributed by atoms with Crippen LogP contribution in [-0.2, 0) is 22.5 Å².